The molecule has 0 aromatic heterocycles. The Labute approximate surface area is 83.9 Å². The standard InChI is InChI=1S/C12H15FO/c13-11-5-1-2-6-12(11)14-9-3-4-10-7-8-10/h1-2,5-6,10H,3-4,7-9H2. The molecule has 0 saturated heterocycles. The molecule has 14 heavy (non-hydrogen) atoms. The highest BCUT2D eigenvalue weighted by molar-refractivity contribution is 5.23. The number of rotatable bonds is 5. The molecule has 0 radical (unpaired) electrons. The summed E-state index contributed by atoms with van der Waals surface area (Å²) in [6, 6.07) is 6.56. The van der Waals surface area contributed by atoms with Crippen LogP contribution < -0.4 is 4.74 Å². The number of hydrogen-bond acceptors (Lipinski definition) is 1. The van der Waals surface area contributed by atoms with Gasteiger partial charge in [-0.05, 0) is 30.9 Å². The lowest BCUT2D eigenvalue weighted by molar-refractivity contribution is 0.289. The maximum atomic E-state index is 13.1. The van der Waals surface area contributed by atoms with E-state index in [1.165, 1.54) is 25.3 Å². The topological polar surface area (TPSA) is 9.23 Å². The minimum Gasteiger partial charge on any atom is -0.491 e. The van der Waals surface area contributed by atoms with E-state index >= 15 is 0 Å². The van der Waals surface area contributed by atoms with Crippen molar-refractivity contribution in [2.75, 3.05) is 6.61 Å². The largest absolute Gasteiger partial charge is 0.491 e. The van der Waals surface area contributed by atoms with Gasteiger partial charge in [0, 0.05) is 0 Å². The summed E-state index contributed by atoms with van der Waals surface area (Å²) in [4.78, 5) is 0. The van der Waals surface area contributed by atoms with Gasteiger partial charge in [-0.1, -0.05) is 25.0 Å². The van der Waals surface area contributed by atoms with Crippen molar-refractivity contribution >= 4 is 0 Å². The molecule has 0 unspecified atom stereocenters. The molecule has 2 heteroatoms. The Balaban J connectivity index is 1.71. The van der Waals surface area contributed by atoms with Crippen molar-refractivity contribution in [2.24, 2.45) is 5.92 Å². The van der Waals surface area contributed by atoms with E-state index in [-0.39, 0.29) is 5.82 Å². The van der Waals surface area contributed by atoms with Crippen molar-refractivity contribution in [1.82, 2.24) is 0 Å². The molecule has 1 aliphatic rings. The second-order valence-electron chi connectivity index (χ2n) is 3.86. The number of benzene rings is 1. The predicted molar refractivity (Wildman–Crippen MR) is 53.9 cm³/mol. The van der Waals surface area contributed by atoms with Crippen LogP contribution in [0, 0.1) is 11.7 Å². The summed E-state index contributed by atoms with van der Waals surface area (Å²) in [6.45, 7) is 0.636. The van der Waals surface area contributed by atoms with Gasteiger partial charge in [-0.3, -0.25) is 0 Å². The molecule has 0 spiro atoms. The van der Waals surface area contributed by atoms with E-state index < -0.39 is 0 Å². The first kappa shape index (κ1) is 9.50. The summed E-state index contributed by atoms with van der Waals surface area (Å²) >= 11 is 0. The van der Waals surface area contributed by atoms with Gasteiger partial charge in [0.25, 0.3) is 0 Å². The molecular weight excluding hydrogens is 179 g/mol. The highest BCUT2D eigenvalue weighted by Crippen LogP contribution is 2.33. The van der Waals surface area contributed by atoms with E-state index in [0.29, 0.717) is 12.4 Å². The zero-order valence-corrected chi connectivity index (χ0v) is 8.21. The molecule has 1 aromatic rings. The number of para-hydroxylation sites is 1. The van der Waals surface area contributed by atoms with E-state index in [0.717, 1.165) is 12.3 Å². The maximum absolute atomic E-state index is 13.1. The lowest BCUT2D eigenvalue weighted by Crippen LogP contribution is -1.99. The first-order valence-corrected chi connectivity index (χ1v) is 5.23. The van der Waals surface area contributed by atoms with Crippen LogP contribution in [0.15, 0.2) is 24.3 Å². The molecule has 0 aliphatic heterocycles. The van der Waals surface area contributed by atoms with Crippen LogP contribution in [0.2, 0.25) is 0 Å². The average Bonchev–Trinajstić information content (AvgIpc) is 2.99. The fourth-order valence-corrected chi connectivity index (χ4v) is 1.52. The van der Waals surface area contributed by atoms with Crippen LogP contribution in [0.5, 0.6) is 5.75 Å². The Morgan fingerprint density at radius 1 is 1.29 bits per heavy atom. The molecule has 1 saturated carbocycles. The van der Waals surface area contributed by atoms with Crippen molar-refractivity contribution < 1.29 is 9.13 Å². The SMILES string of the molecule is Fc1ccccc1OCCCC1CC1. The minimum atomic E-state index is -0.265. The van der Waals surface area contributed by atoms with Crippen LogP contribution in [-0.2, 0) is 0 Å². The van der Waals surface area contributed by atoms with Crippen LogP contribution in [0.25, 0.3) is 0 Å². The summed E-state index contributed by atoms with van der Waals surface area (Å²) < 4.78 is 18.4. The Bertz CT molecular complexity index is 294. The number of hydrogen-bond donors (Lipinski definition) is 0. The molecule has 0 atom stereocenters. The van der Waals surface area contributed by atoms with Gasteiger partial charge in [0.2, 0.25) is 0 Å². The first-order valence-electron chi connectivity index (χ1n) is 5.23. The summed E-state index contributed by atoms with van der Waals surface area (Å²) in [7, 11) is 0. The molecular formula is C12H15FO. The Hall–Kier alpha value is -1.05. The van der Waals surface area contributed by atoms with E-state index in [1.54, 1.807) is 18.2 Å². The van der Waals surface area contributed by atoms with Gasteiger partial charge in [-0.25, -0.2) is 4.39 Å². The van der Waals surface area contributed by atoms with Crippen LogP contribution >= 0.6 is 0 Å². The summed E-state index contributed by atoms with van der Waals surface area (Å²) in [5.41, 5.74) is 0. The van der Waals surface area contributed by atoms with Crippen molar-refractivity contribution in [1.29, 1.82) is 0 Å². The van der Waals surface area contributed by atoms with Crippen LogP contribution in [0.4, 0.5) is 4.39 Å². The van der Waals surface area contributed by atoms with E-state index in [1.807, 2.05) is 0 Å². The van der Waals surface area contributed by atoms with Gasteiger partial charge in [0.05, 0.1) is 6.61 Å². The van der Waals surface area contributed by atoms with E-state index in [4.69, 9.17) is 4.74 Å². The van der Waals surface area contributed by atoms with Crippen LogP contribution in [-0.4, -0.2) is 6.61 Å². The highest BCUT2D eigenvalue weighted by Gasteiger charge is 2.20. The molecule has 2 rings (SSSR count). The molecule has 0 heterocycles. The first-order chi connectivity index (χ1) is 6.86. The molecule has 1 nitrogen and oxygen atoms in total. The van der Waals surface area contributed by atoms with Crippen LogP contribution in [0.1, 0.15) is 25.7 Å². The second kappa shape index (κ2) is 4.45. The fraction of sp³-hybridized carbons (Fsp3) is 0.500. The fourth-order valence-electron chi connectivity index (χ4n) is 1.52. The number of ether oxygens (including phenoxy) is 1. The van der Waals surface area contributed by atoms with E-state index in [9.17, 15) is 4.39 Å². The van der Waals surface area contributed by atoms with Crippen molar-refractivity contribution in [3.05, 3.63) is 30.1 Å². The van der Waals surface area contributed by atoms with Crippen molar-refractivity contribution in [2.45, 2.75) is 25.7 Å². The molecule has 0 amide bonds. The normalized spacial score (nSPS) is 15.5. The van der Waals surface area contributed by atoms with Gasteiger partial charge in [-0.2, -0.15) is 0 Å². The molecule has 0 bridgehead atoms. The third kappa shape index (κ3) is 2.72. The third-order valence-electron chi connectivity index (χ3n) is 2.55. The lowest BCUT2D eigenvalue weighted by atomic mass is 10.2. The van der Waals surface area contributed by atoms with Crippen molar-refractivity contribution in [3.63, 3.8) is 0 Å². The van der Waals surface area contributed by atoms with Gasteiger partial charge in [0.1, 0.15) is 0 Å². The minimum absolute atomic E-state index is 0.265. The summed E-state index contributed by atoms with van der Waals surface area (Å²) in [6.07, 6.45) is 5.02. The summed E-state index contributed by atoms with van der Waals surface area (Å²) in [5.74, 6) is 1.04. The third-order valence-corrected chi connectivity index (χ3v) is 2.55. The Kier molecular flexibility index (Phi) is 3.02. The molecule has 1 aromatic carbocycles. The monoisotopic (exact) mass is 194 g/mol. The predicted octanol–water partition coefficient (Wildman–Crippen LogP) is 3.39. The molecule has 1 fully saturated rings. The molecule has 1 aliphatic carbocycles. The molecule has 0 N–H and O–H groups in total. The van der Waals surface area contributed by atoms with Crippen LogP contribution in [0.3, 0.4) is 0 Å². The average molecular weight is 194 g/mol. The quantitative estimate of drug-likeness (QED) is 0.653. The maximum Gasteiger partial charge on any atom is 0.165 e. The van der Waals surface area contributed by atoms with Gasteiger partial charge in [0.15, 0.2) is 11.6 Å². The van der Waals surface area contributed by atoms with Gasteiger partial charge < -0.3 is 4.74 Å². The highest BCUT2D eigenvalue weighted by atomic mass is 19.1. The van der Waals surface area contributed by atoms with E-state index in [2.05, 4.69) is 0 Å². The smallest absolute Gasteiger partial charge is 0.165 e. The second-order valence-corrected chi connectivity index (χ2v) is 3.86. The van der Waals surface area contributed by atoms with Crippen molar-refractivity contribution in [3.8, 4) is 5.75 Å². The van der Waals surface area contributed by atoms with Gasteiger partial charge >= 0.3 is 0 Å². The number of halogens is 1. The zero-order chi connectivity index (χ0) is 9.80. The summed E-state index contributed by atoms with van der Waals surface area (Å²) in [5, 5.41) is 0. The Morgan fingerprint density at radius 2 is 2.07 bits per heavy atom. The Morgan fingerprint density at radius 3 is 2.79 bits per heavy atom. The lowest BCUT2D eigenvalue weighted by Gasteiger charge is -2.05. The zero-order valence-electron chi connectivity index (χ0n) is 8.21. The molecule has 76 valence electrons. The van der Waals surface area contributed by atoms with Gasteiger partial charge in [-0.15, -0.1) is 0 Å².